The number of hydrogen-bond acceptors (Lipinski definition) is 2. The number of rotatable bonds is 2. The second-order valence-corrected chi connectivity index (χ2v) is 4.90. The number of amides is 1. The van der Waals surface area contributed by atoms with E-state index in [1.54, 1.807) is 13.1 Å². The number of hydrogen-bond donors (Lipinski definition) is 1. The molecule has 0 aliphatic rings. The number of pyridine rings is 1. The third kappa shape index (κ3) is 2.39. The Kier molecular flexibility index (Phi) is 3.19. The fourth-order valence-corrected chi connectivity index (χ4v) is 1.50. The van der Waals surface area contributed by atoms with Gasteiger partial charge in [-0.15, -0.1) is 0 Å². The van der Waals surface area contributed by atoms with E-state index < -0.39 is 0 Å². The molecule has 2 rings (SSSR count). The number of nitrogens with one attached hydrogen (secondary N) is 1. The van der Waals surface area contributed by atoms with Gasteiger partial charge in [0, 0.05) is 5.39 Å². The number of benzene rings is 1. The van der Waals surface area contributed by atoms with Crippen LogP contribution in [0.5, 0.6) is 0 Å². The molecular formula is C12H11BrN2O. The first-order valence-electron chi connectivity index (χ1n) is 4.96. The van der Waals surface area contributed by atoms with Crippen LogP contribution in [-0.4, -0.2) is 15.7 Å². The van der Waals surface area contributed by atoms with E-state index in [1.165, 1.54) is 0 Å². The Balaban J connectivity index is 2.29. The first-order valence-corrected chi connectivity index (χ1v) is 5.88. The number of nitrogens with zero attached hydrogens (tertiary/aromatic N) is 1. The summed E-state index contributed by atoms with van der Waals surface area (Å²) in [6.07, 6.45) is 1.66. The minimum atomic E-state index is -0.209. The van der Waals surface area contributed by atoms with E-state index in [4.69, 9.17) is 0 Å². The van der Waals surface area contributed by atoms with Crippen LogP contribution in [0.25, 0.3) is 10.9 Å². The second-order valence-electron chi connectivity index (χ2n) is 3.52. The lowest BCUT2D eigenvalue weighted by Crippen LogP contribution is -2.19. The Morgan fingerprint density at radius 2 is 2.19 bits per heavy atom. The van der Waals surface area contributed by atoms with E-state index in [1.807, 2.05) is 30.3 Å². The maximum Gasteiger partial charge on any atom is 0.237 e. The molecule has 0 spiro atoms. The summed E-state index contributed by atoms with van der Waals surface area (Å²) in [5.41, 5.74) is 1.64. The summed E-state index contributed by atoms with van der Waals surface area (Å²) < 4.78 is 0. The minimum Gasteiger partial charge on any atom is -0.324 e. The molecule has 0 saturated heterocycles. The molecule has 1 aromatic heterocycles. The maximum absolute atomic E-state index is 11.5. The third-order valence-corrected chi connectivity index (χ3v) is 2.64. The van der Waals surface area contributed by atoms with Gasteiger partial charge in [0.15, 0.2) is 0 Å². The lowest BCUT2D eigenvalue weighted by Gasteiger charge is -2.06. The van der Waals surface area contributed by atoms with Crippen LogP contribution in [0.2, 0.25) is 0 Å². The summed E-state index contributed by atoms with van der Waals surface area (Å²) in [7, 11) is 0. The Labute approximate surface area is 102 Å². The summed E-state index contributed by atoms with van der Waals surface area (Å²) in [5.74, 6) is -0.0721. The van der Waals surface area contributed by atoms with Crippen molar-refractivity contribution in [2.75, 3.05) is 5.32 Å². The van der Waals surface area contributed by atoms with E-state index in [0.717, 1.165) is 16.6 Å². The quantitative estimate of drug-likeness (QED) is 0.859. The predicted molar refractivity (Wildman–Crippen MR) is 68.8 cm³/mol. The fraction of sp³-hybridized carbons (Fsp3) is 0.167. The summed E-state index contributed by atoms with van der Waals surface area (Å²) in [5, 5.41) is 3.80. The predicted octanol–water partition coefficient (Wildman–Crippen LogP) is 2.96. The van der Waals surface area contributed by atoms with E-state index in [2.05, 4.69) is 26.2 Å². The number of aromatic nitrogens is 1. The van der Waals surface area contributed by atoms with Gasteiger partial charge in [-0.2, -0.15) is 0 Å². The Hall–Kier alpha value is -1.42. The molecule has 1 aromatic carbocycles. The summed E-state index contributed by atoms with van der Waals surface area (Å²) in [6.45, 7) is 1.78. The van der Waals surface area contributed by atoms with Crippen molar-refractivity contribution in [1.82, 2.24) is 4.98 Å². The molecule has 1 amide bonds. The first kappa shape index (κ1) is 11.1. The SMILES string of the molecule is CC(Br)C(=O)Nc1cnc2ccccc2c1. The zero-order chi connectivity index (χ0) is 11.5. The van der Waals surface area contributed by atoms with Crippen LogP contribution in [0.1, 0.15) is 6.92 Å². The normalized spacial score (nSPS) is 12.4. The number of carbonyl (C=O) groups excluding carboxylic acids is 1. The van der Waals surface area contributed by atoms with Crippen LogP contribution < -0.4 is 5.32 Å². The second kappa shape index (κ2) is 4.61. The van der Waals surface area contributed by atoms with Gasteiger partial charge < -0.3 is 5.32 Å². The first-order chi connectivity index (χ1) is 7.66. The van der Waals surface area contributed by atoms with Gasteiger partial charge in [0.25, 0.3) is 0 Å². The molecule has 4 heteroatoms. The maximum atomic E-state index is 11.5. The molecule has 0 radical (unpaired) electrons. The number of fused-ring (bicyclic) bond motifs is 1. The highest BCUT2D eigenvalue weighted by Gasteiger charge is 2.08. The molecule has 1 atom stereocenters. The Morgan fingerprint density at radius 1 is 1.44 bits per heavy atom. The van der Waals surface area contributed by atoms with Gasteiger partial charge in [-0.05, 0) is 19.1 Å². The zero-order valence-electron chi connectivity index (χ0n) is 8.77. The van der Waals surface area contributed by atoms with Crippen LogP contribution >= 0.6 is 15.9 Å². The van der Waals surface area contributed by atoms with Crippen molar-refractivity contribution in [3.63, 3.8) is 0 Å². The Bertz CT molecular complexity index is 525. The smallest absolute Gasteiger partial charge is 0.237 e. The highest BCUT2D eigenvalue weighted by Crippen LogP contribution is 2.16. The molecule has 0 bridgehead atoms. The van der Waals surface area contributed by atoms with Gasteiger partial charge in [0.05, 0.1) is 22.2 Å². The van der Waals surface area contributed by atoms with Crippen molar-refractivity contribution in [2.24, 2.45) is 0 Å². The highest BCUT2D eigenvalue weighted by molar-refractivity contribution is 9.10. The van der Waals surface area contributed by atoms with Crippen molar-refractivity contribution in [1.29, 1.82) is 0 Å². The molecule has 3 nitrogen and oxygen atoms in total. The lowest BCUT2D eigenvalue weighted by molar-refractivity contribution is -0.115. The van der Waals surface area contributed by atoms with E-state index >= 15 is 0 Å². The van der Waals surface area contributed by atoms with Crippen LogP contribution in [-0.2, 0) is 4.79 Å². The molecule has 0 fully saturated rings. The number of carbonyl (C=O) groups is 1. The van der Waals surface area contributed by atoms with Crippen molar-refractivity contribution in [3.05, 3.63) is 36.5 Å². The average Bonchev–Trinajstić information content (AvgIpc) is 2.28. The molecular weight excluding hydrogens is 268 g/mol. The van der Waals surface area contributed by atoms with Gasteiger partial charge in [-0.1, -0.05) is 34.1 Å². The Morgan fingerprint density at radius 3 is 2.94 bits per heavy atom. The van der Waals surface area contributed by atoms with E-state index in [-0.39, 0.29) is 10.7 Å². The number of halogens is 1. The highest BCUT2D eigenvalue weighted by atomic mass is 79.9. The topological polar surface area (TPSA) is 42.0 Å². The number of alkyl halides is 1. The standard InChI is InChI=1S/C12H11BrN2O/c1-8(13)12(16)15-10-6-9-4-2-3-5-11(9)14-7-10/h2-8H,1H3,(H,15,16). The molecule has 82 valence electrons. The largest absolute Gasteiger partial charge is 0.324 e. The summed E-state index contributed by atoms with van der Waals surface area (Å²) in [6, 6.07) is 9.70. The number of anilines is 1. The van der Waals surface area contributed by atoms with E-state index in [0.29, 0.717) is 0 Å². The molecule has 0 saturated carbocycles. The van der Waals surface area contributed by atoms with Crippen molar-refractivity contribution < 1.29 is 4.79 Å². The van der Waals surface area contributed by atoms with Gasteiger partial charge >= 0.3 is 0 Å². The number of para-hydroxylation sites is 1. The van der Waals surface area contributed by atoms with E-state index in [9.17, 15) is 4.79 Å². The molecule has 0 aliphatic heterocycles. The minimum absolute atomic E-state index is 0.0721. The molecule has 1 heterocycles. The van der Waals surface area contributed by atoms with Crippen LogP contribution in [0.15, 0.2) is 36.5 Å². The van der Waals surface area contributed by atoms with Crippen molar-refractivity contribution >= 4 is 38.4 Å². The van der Waals surface area contributed by atoms with Gasteiger partial charge in [0.2, 0.25) is 5.91 Å². The monoisotopic (exact) mass is 278 g/mol. The molecule has 1 unspecified atom stereocenters. The van der Waals surface area contributed by atoms with Gasteiger partial charge in [-0.3, -0.25) is 9.78 Å². The molecule has 1 N–H and O–H groups in total. The van der Waals surface area contributed by atoms with Gasteiger partial charge in [0.1, 0.15) is 0 Å². The van der Waals surface area contributed by atoms with Crippen LogP contribution in [0.4, 0.5) is 5.69 Å². The fourth-order valence-electron chi connectivity index (χ4n) is 1.38. The third-order valence-electron chi connectivity index (χ3n) is 2.22. The van der Waals surface area contributed by atoms with Gasteiger partial charge in [-0.25, -0.2) is 0 Å². The summed E-state index contributed by atoms with van der Waals surface area (Å²) >= 11 is 3.21. The van der Waals surface area contributed by atoms with Crippen LogP contribution in [0.3, 0.4) is 0 Å². The van der Waals surface area contributed by atoms with Crippen molar-refractivity contribution in [2.45, 2.75) is 11.8 Å². The van der Waals surface area contributed by atoms with Crippen molar-refractivity contribution in [3.8, 4) is 0 Å². The molecule has 0 aliphatic carbocycles. The zero-order valence-corrected chi connectivity index (χ0v) is 10.4. The average molecular weight is 279 g/mol. The van der Waals surface area contributed by atoms with Crippen LogP contribution in [0, 0.1) is 0 Å². The molecule has 16 heavy (non-hydrogen) atoms. The lowest BCUT2D eigenvalue weighted by atomic mass is 10.2. The summed E-state index contributed by atoms with van der Waals surface area (Å²) in [4.78, 5) is 15.5. The molecule has 2 aromatic rings.